The summed E-state index contributed by atoms with van der Waals surface area (Å²) in [4.78, 5) is 80.1. The van der Waals surface area contributed by atoms with Gasteiger partial charge in [0.15, 0.2) is 25.5 Å². The number of alkyl halides is 3. The first-order chi connectivity index (χ1) is 48.6. The maximum atomic E-state index is 13.5. The molecule has 1 fully saturated rings. The Morgan fingerprint density at radius 2 is 1.30 bits per heavy atom. The molecular formula is C71H80F3N9O18S3. The number of aromatic nitrogens is 6. The molecule has 0 unspecified atom stereocenters. The number of hydrogen-bond acceptors (Lipinski definition) is 21. The second-order valence-corrected chi connectivity index (χ2v) is 31.3. The van der Waals surface area contributed by atoms with Crippen LogP contribution in [0.2, 0.25) is 0 Å². The quantitative estimate of drug-likeness (QED) is 0.0489. The van der Waals surface area contributed by atoms with Crippen molar-refractivity contribution in [3.63, 3.8) is 0 Å². The monoisotopic (exact) mass is 1500 g/mol. The third-order valence-electron chi connectivity index (χ3n) is 16.7. The number of ether oxygens (including phenoxy) is 3. The Kier molecular flexibility index (Phi) is 24.3. The molecule has 0 bridgehead atoms. The van der Waals surface area contributed by atoms with Gasteiger partial charge in [-0.05, 0) is 156 Å². The van der Waals surface area contributed by atoms with E-state index < -0.39 is 80.7 Å². The number of methoxy groups -OCH3 is 1. The van der Waals surface area contributed by atoms with E-state index in [0.717, 1.165) is 59.4 Å². The van der Waals surface area contributed by atoms with Crippen molar-refractivity contribution in [2.24, 2.45) is 24.7 Å². The van der Waals surface area contributed by atoms with Gasteiger partial charge in [-0.25, -0.2) is 48.7 Å². The Bertz CT molecular complexity index is 5100. The van der Waals surface area contributed by atoms with Crippen molar-refractivity contribution in [1.82, 2.24) is 39.0 Å². The molecule has 1 aliphatic carbocycles. The summed E-state index contributed by atoms with van der Waals surface area (Å²) in [5, 5.41) is 34.3. The number of nitrogens with one attached hydrogen (secondary N) is 2. The summed E-state index contributed by atoms with van der Waals surface area (Å²) < 4.78 is 135. The van der Waals surface area contributed by atoms with Crippen molar-refractivity contribution in [1.29, 1.82) is 0 Å². The number of oxime groups is 1. The van der Waals surface area contributed by atoms with E-state index in [0.29, 0.717) is 91.6 Å². The van der Waals surface area contributed by atoms with Crippen LogP contribution in [-0.4, -0.2) is 145 Å². The molecule has 104 heavy (non-hydrogen) atoms. The fraction of sp³-hybridized carbons (Fsp3) is 0.366. The van der Waals surface area contributed by atoms with Crippen molar-refractivity contribution < 1.29 is 91.7 Å². The number of fused-ring (bicyclic) bond motifs is 1. The predicted octanol–water partition coefficient (Wildman–Crippen LogP) is 8.72. The van der Waals surface area contributed by atoms with Crippen LogP contribution >= 0.6 is 0 Å². The van der Waals surface area contributed by atoms with Crippen molar-refractivity contribution in [3.05, 3.63) is 180 Å². The van der Waals surface area contributed by atoms with E-state index in [-0.39, 0.29) is 72.8 Å². The molecule has 5 aromatic carbocycles. The smallest absolute Gasteiger partial charge is 0.416 e. The summed E-state index contributed by atoms with van der Waals surface area (Å²) >= 11 is 0. The number of carbonyl (C=O) groups is 5. The minimum atomic E-state index is -4.76. The third kappa shape index (κ3) is 18.0. The summed E-state index contributed by atoms with van der Waals surface area (Å²) in [6.45, 7) is 17.0. The lowest BCUT2D eigenvalue weighted by molar-refractivity contribution is -0.143. The van der Waals surface area contributed by atoms with Gasteiger partial charge in [-0.15, -0.1) is 0 Å². The Hall–Kier alpha value is -10.3. The maximum absolute atomic E-state index is 13.5. The highest BCUT2D eigenvalue weighted by Gasteiger charge is 2.36. The molecule has 0 spiro atoms. The average Bonchev–Trinajstić information content (AvgIpc) is 1.68. The van der Waals surface area contributed by atoms with Gasteiger partial charge in [-0.1, -0.05) is 48.8 Å². The molecule has 2 amide bonds. The van der Waals surface area contributed by atoms with Crippen LogP contribution < -0.4 is 25.1 Å². The van der Waals surface area contributed by atoms with Crippen molar-refractivity contribution in [3.8, 4) is 34.5 Å². The van der Waals surface area contributed by atoms with Gasteiger partial charge in [-0.3, -0.25) is 28.8 Å². The van der Waals surface area contributed by atoms with E-state index in [2.05, 4.69) is 53.6 Å². The van der Waals surface area contributed by atoms with Crippen LogP contribution in [0.5, 0.6) is 23.4 Å². The minimum absolute atomic E-state index is 0.0493. The molecule has 2 aliphatic heterocycles. The number of amides is 2. The second kappa shape index (κ2) is 31.8. The lowest BCUT2D eigenvalue weighted by Gasteiger charge is -2.19. The molecule has 33 heteroatoms. The number of aryl methyl sites for hydroxylation is 6. The van der Waals surface area contributed by atoms with E-state index in [4.69, 9.17) is 19.0 Å². The molecule has 3 aliphatic rings. The number of halogens is 3. The Balaban J connectivity index is 0.000000176. The maximum Gasteiger partial charge on any atom is 0.416 e. The molecule has 8 aromatic rings. The third-order valence-corrected chi connectivity index (χ3v) is 20.4. The largest absolute Gasteiger partial charge is 0.496 e. The van der Waals surface area contributed by atoms with Crippen LogP contribution in [0.4, 0.5) is 13.2 Å². The summed E-state index contributed by atoms with van der Waals surface area (Å²) in [5.74, 6) is -2.89. The topological polar surface area (TPSA) is 364 Å². The molecule has 4 N–H and O–H groups in total. The summed E-state index contributed by atoms with van der Waals surface area (Å²) in [5.41, 5.74) is 4.35. The number of rotatable bonds is 17. The lowest BCUT2D eigenvalue weighted by Crippen LogP contribution is -2.31. The van der Waals surface area contributed by atoms with Gasteiger partial charge in [0.1, 0.15) is 29.0 Å². The summed E-state index contributed by atoms with van der Waals surface area (Å²) in [7, 11) is -7.43. The van der Waals surface area contributed by atoms with E-state index in [9.17, 15) is 77.4 Å². The Morgan fingerprint density at radius 1 is 0.692 bits per heavy atom. The normalized spacial score (nSPS) is 13.8. The van der Waals surface area contributed by atoms with Crippen LogP contribution in [0.1, 0.15) is 146 Å². The average molecular weight is 1500 g/mol. The molecule has 0 saturated heterocycles. The van der Waals surface area contributed by atoms with E-state index in [1.54, 1.807) is 34.5 Å². The van der Waals surface area contributed by atoms with Gasteiger partial charge in [0.05, 0.1) is 82.2 Å². The van der Waals surface area contributed by atoms with Gasteiger partial charge in [0.2, 0.25) is 23.4 Å². The van der Waals surface area contributed by atoms with Gasteiger partial charge in [-0.2, -0.15) is 23.4 Å². The number of carbonyl (C=O) groups excluding carboxylic acids is 5. The number of nitrogens with zero attached hydrogens (tertiary/aromatic N) is 7. The van der Waals surface area contributed by atoms with E-state index in [1.807, 2.05) is 25.5 Å². The molecule has 0 atom stereocenters. The van der Waals surface area contributed by atoms with Crippen LogP contribution in [0, 0.1) is 26.2 Å². The van der Waals surface area contributed by atoms with Crippen molar-refractivity contribution in [2.45, 2.75) is 127 Å². The highest BCUT2D eigenvalue weighted by molar-refractivity contribution is 7.91. The van der Waals surface area contributed by atoms with Crippen molar-refractivity contribution in [2.75, 3.05) is 39.4 Å². The number of hydrogen-bond donors (Lipinski definition) is 4. The second-order valence-electron chi connectivity index (χ2n) is 25.6. The minimum Gasteiger partial charge on any atom is -0.496 e. The van der Waals surface area contributed by atoms with Crippen LogP contribution in [0.25, 0.3) is 11.1 Å². The zero-order chi connectivity index (χ0) is 76.9. The van der Waals surface area contributed by atoms with Crippen LogP contribution in [0.15, 0.2) is 122 Å². The first kappa shape index (κ1) is 79.5. The first-order valence-electron chi connectivity index (χ1n) is 32.5. The first-order valence-corrected chi connectivity index (χ1v) is 37.8. The molecule has 27 nitrogen and oxygen atoms in total. The Labute approximate surface area is 598 Å². The number of benzene rings is 5. The number of ketones is 2. The van der Waals surface area contributed by atoms with E-state index >= 15 is 0 Å². The van der Waals surface area contributed by atoms with Gasteiger partial charge >= 0.3 is 12.1 Å². The van der Waals surface area contributed by atoms with Gasteiger partial charge < -0.3 is 34.6 Å². The van der Waals surface area contributed by atoms with Crippen LogP contribution in [0.3, 0.4) is 0 Å². The standard InChI is InChI=1S/C23H32N2O4.C18H18N2O5S.C16H17N3O5S.C14H13F3N2O4S/c1-7-16-13-15(3)14-17(8-2)18(16)19-20(26)24-9-11-28-12-10-25(24)21(19)29-22(27)23(4,5)6;1-25-16-5-3-2-4-15(16)18(22)20-26(23,24)14-10-6-12(7-11-14)17(21)19-13-8-9-13;1-9-10(15(20)11-8-17-19(2)16(11)21)4-5-13(25(3,22)23)14(9)12-6-7-24-18-12;1-7-11(13(21)19(2)18-7)12(20)9-5-4-8(14(15,16)17)6-10(9)24(3,22)23/h13-14H,7-12H2,1-6H3;2-7,10-11,13H,8-9H2,1H3,(H,19,21)(H,20,22);4-5,8,21H,6-7H2,1-3H3;4-6,21H,1-3H3. The van der Waals surface area contributed by atoms with Gasteiger partial charge in [0, 0.05) is 61.3 Å². The number of esters is 1. The molecule has 3 aromatic heterocycles. The number of aromatic hydroxyl groups is 2. The molecule has 11 rings (SSSR count). The predicted molar refractivity (Wildman–Crippen MR) is 375 cm³/mol. The summed E-state index contributed by atoms with van der Waals surface area (Å²) in [6, 6.07) is 20.8. The molecule has 5 heterocycles. The lowest BCUT2D eigenvalue weighted by atomic mass is 9.91. The zero-order valence-corrected chi connectivity index (χ0v) is 61.8. The highest BCUT2D eigenvalue weighted by Crippen LogP contribution is 2.38. The molecule has 556 valence electrons. The zero-order valence-electron chi connectivity index (χ0n) is 59.3. The fourth-order valence-corrected chi connectivity index (χ4v) is 14.0. The number of sulfone groups is 2. The van der Waals surface area contributed by atoms with Gasteiger partial charge in [0.25, 0.3) is 27.4 Å². The fourth-order valence-electron chi connectivity index (χ4n) is 11.2. The number of para-hydroxylation sites is 1. The van der Waals surface area contributed by atoms with Crippen molar-refractivity contribution >= 4 is 64.8 Å². The molecule has 0 radical (unpaired) electrons. The van der Waals surface area contributed by atoms with Crippen LogP contribution in [-0.2, 0) is 90.3 Å². The summed E-state index contributed by atoms with van der Waals surface area (Å²) in [6.07, 6.45) is 2.31. The van der Waals surface area contributed by atoms with E-state index in [1.165, 1.54) is 87.0 Å². The number of sulfonamides is 1. The molecular weight excluding hydrogens is 1420 g/mol. The highest BCUT2D eigenvalue weighted by atomic mass is 32.2. The SMILES string of the molecule is CCc1cc(C)cc(CC)c1-c1c(OC(=O)C(C)(C)C)n2n(c1=O)CCOCC2.COc1ccccc1C(=O)NS(=O)(=O)c1ccc(C(=O)NC2CC2)cc1.Cc1c(C(=O)c2cnn(C)c2O)ccc(S(C)(=O)=O)c1C1=NOCC1.Cc1nn(C)c(O)c1C(=O)c1ccc(C(F)(F)F)cc1S(C)(=O)=O. The Morgan fingerprint density at radius 3 is 1.82 bits per heavy atom. The molecule has 1 saturated carbocycles.